The second kappa shape index (κ2) is 6.90. The molecule has 0 N–H and O–H groups in total. The first-order valence-electron chi connectivity index (χ1n) is 4.98. The van der Waals surface area contributed by atoms with Gasteiger partial charge < -0.3 is 0 Å². The number of allylic oxidation sites excluding steroid dienone is 6. The smallest absolute Gasteiger partial charge is 0.0348 e. The second-order valence-corrected chi connectivity index (χ2v) is 3.23. The predicted molar refractivity (Wildman–Crippen MR) is 55.1 cm³/mol. The monoisotopic (exact) mass is 162 g/mol. The SMILES string of the molecule is C1=C/C=C/CCCCCCC=C1. The summed E-state index contributed by atoms with van der Waals surface area (Å²) >= 11 is 0. The molecule has 0 aromatic heterocycles. The third-order valence-corrected chi connectivity index (χ3v) is 2.10. The van der Waals surface area contributed by atoms with Gasteiger partial charge in [-0.25, -0.2) is 0 Å². The zero-order valence-corrected chi connectivity index (χ0v) is 7.71. The van der Waals surface area contributed by atoms with Crippen LogP contribution in [0.5, 0.6) is 0 Å². The highest BCUT2D eigenvalue weighted by Gasteiger charge is 1.87. The summed E-state index contributed by atoms with van der Waals surface area (Å²) in [5.74, 6) is 0. The largest absolute Gasteiger partial charge is 0.0845 e. The minimum absolute atomic E-state index is 1.24. The van der Waals surface area contributed by atoms with Crippen LogP contribution in [0.3, 0.4) is 0 Å². The molecule has 0 saturated carbocycles. The maximum atomic E-state index is 2.26. The Hall–Kier alpha value is -0.780. The molecule has 0 unspecified atom stereocenters. The molecule has 0 atom stereocenters. The molecule has 0 aliphatic heterocycles. The molecule has 0 nitrogen and oxygen atoms in total. The maximum Gasteiger partial charge on any atom is -0.0348 e. The van der Waals surface area contributed by atoms with Crippen LogP contribution < -0.4 is 0 Å². The van der Waals surface area contributed by atoms with Crippen molar-refractivity contribution in [2.45, 2.75) is 38.5 Å². The molecule has 0 spiro atoms. The Bertz CT molecular complexity index is 152. The lowest BCUT2D eigenvalue weighted by Crippen LogP contribution is -1.77. The summed E-state index contributed by atoms with van der Waals surface area (Å²) in [6.07, 6.45) is 21.0. The average Bonchev–Trinajstić information content (AvgIpc) is 2.05. The van der Waals surface area contributed by atoms with E-state index in [1.807, 2.05) is 0 Å². The van der Waals surface area contributed by atoms with Gasteiger partial charge in [-0.3, -0.25) is 0 Å². The minimum Gasteiger partial charge on any atom is -0.0845 e. The average molecular weight is 162 g/mol. The van der Waals surface area contributed by atoms with E-state index >= 15 is 0 Å². The zero-order valence-electron chi connectivity index (χ0n) is 7.71. The van der Waals surface area contributed by atoms with Crippen LogP contribution >= 0.6 is 0 Å². The van der Waals surface area contributed by atoms with E-state index in [2.05, 4.69) is 36.5 Å². The molecule has 1 rings (SSSR count). The molecule has 1 aliphatic carbocycles. The quantitative estimate of drug-likeness (QED) is 0.505. The van der Waals surface area contributed by atoms with Gasteiger partial charge in [0.25, 0.3) is 0 Å². The molecule has 0 aromatic carbocycles. The molecule has 0 heterocycles. The molecule has 0 radical (unpaired) electrons. The van der Waals surface area contributed by atoms with Crippen molar-refractivity contribution < 1.29 is 0 Å². The van der Waals surface area contributed by atoms with Crippen LogP contribution in [-0.4, -0.2) is 0 Å². The molecule has 0 heteroatoms. The highest BCUT2D eigenvalue weighted by atomic mass is 13.9. The van der Waals surface area contributed by atoms with Crippen molar-refractivity contribution in [1.82, 2.24) is 0 Å². The van der Waals surface area contributed by atoms with Gasteiger partial charge in [-0.15, -0.1) is 0 Å². The normalized spacial score (nSPS) is 22.7. The van der Waals surface area contributed by atoms with E-state index < -0.39 is 0 Å². The van der Waals surface area contributed by atoms with Gasteiger partial charge in [-0.05, 0) is 25.7 Å². The van der Waals surface area contributed by atoms with Crippen molar-refractivity contribution in [3.8, 4) is 0 Å². The van der Waals surface area contributed by atoms with Crippen LogP contribution in [0.15, 0.2) is 36.5 Å². The Morgan fingerprint density at radius 2 is 1.00 bits per heavy atom. The first-order chi connectivity index (χ1) is 6.00. The lowest BCUT2D eigenvalue weighted by Gasteiger charge is -1.96. The van der Waals surface area contributed by atoms with Crippen molar-refractivity contribution >= 4 is 0 Å². The summed E-state index contributed by atoms with van der Waals surface area (Å²) in [6.45, 7) is 0. The highest BCUT2D eigenvalue weighted by Crippen LogP contribution is 2.07. The Kier molecular flexibility index (Phi) is 5.35. The van der Waals surface area contributed by atoms with Crippen LogP contribution in [0, 0.1) is 0 Å². The van der Waals surface area contributed by atoms with Crippen LogP contribution in [0.2, 0.25) is 0 Å². The van der Waals surface area contributed by atoms with Gasteiger partial charge in [0.1, 0.15) is 0 Å². The third kappa shape index (κ3) is 4.95. The van der Waals surface area contributed by atoms with Gasteiger partial charge in [-0.1, -0.05) is 49.3 Å². The molecule has 0 fully saturated rings. The number of rotatable bonds is 0. The van der Waals surface area contributed by atoms with E-state index in [1.165, 1.54) is 38.5 Å². The lowest BCUT2D eigenvalue weighted by molar-refractivity contribution is 0.652. The lowest BCUT2D eigenvalue weighted by atomic mass is 10.1. The fourth-order valence-corrected chi connectivity index (χ4v) is 1.36. The van der Waals surface area contributed by atoms with Gasteiger partial charge in [0.2, 0.25) is 0 Å². The summed E-state index contributed by atoms with van der Waals surface area (Å²) in [5, 5.41) is 0. The van der Waals surface area contributed by atoms with E-state index in [-0.39, 0.29) is 0 Å². The summed E-state index contributed by atoms with van der Waals surface area (Å²) < 4.78 is 0. The summed E-state index contributed by atoms with van der Waals surface area (Å²) in [5.41, 5.74) is 0. The number of hydrogen-bond donors (Lipinski definition) is 0. The van der Waals surface area contributed by atoms with Crippen molar-refractivity contribution in [1.29, 1.82) is 0 Å². The van der Waals surface area contributed by atoms with E-state index in [1.54, 1.807) is 0 Å². The van der Waals surface area contributed by atoms with Gasteiger partial charge in [0.05, 0.1) is 0 Å². The molecule has 0 saturated heterocycles. The van der Waals surface area contributed by atoms with Crippen LogP contribution in [0.1, 0.15) is 38.5 Å². The zero-order chi connectivity index (χ0) is 8.49. The predicted octanol–water partition coefficient (Wildman–Crippen LogP) is 4.01. The standard InChI is InChI=1S/C12H18/c1-2-4-6-8-10-12-11-9-7-5-3-1/h1-6H,7-12H2/b2-1?,5-3+,6-4?. The second-order valence-electron chi connectivity index (χ2n) is 3.23. The van der Waals surface area contributed by atoms with Crippen molar-refractivity contribution in [2.24, 2.45) is 0 Å². The van der Waals surface area contributed by atoms with E-state index in [0.29, 0.717) is 0 Å². The fourth-order valence-electron chi connectivity index (χ4n) is 1.36. The summed E-state index contributed by atoms with van der Waals surface area (Å²) in [4.78, 5) is 0. The topological polar surface area (TPSA) is 0 Å². The van der Waals surface area contributed by atoms with Crippen LogP contribution in [-0.2, 0) is 0 Å². The van der Waals surface area contributed by atoms with Gasteiger partial charge in [-0.2, -0.15) is 0 Å². The molecule has 1 aliphatic rings. The van der Waals surface area contributed by atoms with Crippen molar-refractivity contribution in [2.75, 3.05) is 0 Å². The molecule has 0 aromatic rings. The Morgan fingerprint density at radius 3 is 1.50 bits per heavy atom. The van der Waals surface area contributed by atoms with E-state index in [4.69, 9.17) is 0 Å². The molecular weight excluding hydrogens is 144 g/mol. The highest BCUT2D eigenvalue weighted by molar-refractivity contribution is 5.11. The summed E-state index contributed by atoms with van der Waals surface area (Å²) in [6, 6.07) is 0. The van der Waals surface area contributed by atoms with E-state index in [9.17, 15) is 0 Å². The molecule has 66 valence electrons. The number of hydrogen-bond acceptors (Lipinski definition) is 0. The molecular formula is C12H18. The van der Waals surface area contributed by atoms with Crippen molar-refractivity contribution in [3.63, 3.8) is 0 Å². The van der Waals surface area contributed by atoms with Crippen LogP contribution in [0.25, 0.3) is 0 Å². The first-order valence-corrected chi connectivity index (χ1v) is 4.98. The Balaban J connectivity index is 2.32. The van der Waals surface area contributed by atoms with Gasteiger partial charge in [0.15, 0.2) is 0 Å². The molecule has 0 bridgehead atoms. The third-order valence-electron chi connectivity index (χ3n) is 2.10. The molecule has 12 heavy (non-hydrogen) atoms. The van der Waals surface area contributed by atoms with Crippen molar-refractivity contribution in [3.05, 3.63) is 36.5 Å². The van der Waals surface area contributed by atoms with E-state index in [0.717, 1.165) is 0 Å². The maximum absolute atomic E-state index is 2.26. The first kappa shape index (κ1) is 9.31. The van der Waals surface area contributed by atoms with Gasteiger partial charge in [0, 0.05) is 0 Å². The molecule has 0 amide bonds. The van der Waals surface area contributed by atoms with Gasteiger partial charge >= 0.3 is 0 Å². The van der Waals surface area contributed by atoms with Crippen LogP contribution in [0.4, 0.5) is 0 Å². The Morgan fingerprint density at radius 1 is 0.500 bits per heavy atom. The Labute approximate surface area is 75.7 Å². The summed E-state index contributed by atoms with van der Waals surface area (Å²) in [7, 11) is 0. The minimum atomic E-state index is 1.24. The fraction of sp³-hybridized carbons (Fsp3) is 0.500.